The predicted octanol–water partition coefficient (Wildman–Crippen LogP) is 3.72. The van der Waals surface area contributed by atoms with Gasteiger partial charge in [-0.05, 0) is 38.1 Å². The van der Waals surface area contributed by atoms with E-state index in [2.05, 4.69) is 15.6 Å². The van der Waals surface area contributed by atoms with Gasteiger partial charge in [0.1, 0.15) is 5.82 Å². The van der Waals surface area contributed by atoms with Gasteiger partial charge in [-0.3, -0.25) is 4.79 Å². The van der Waals surface area contributed by atoms with Gasteiger partial charge in [-0.1, -0.05) is 11.6 Å². The molecule has 0 aliphatic carbocycles. The normalized spacial score (nSPS) is 11.9. The third-order valence-corrected chi connectivity index (χ3v) is 4.18. The number of halogens is 1. The second kappa shape index (κ2) is 6.72. The summed E-state index contributed by atoms with van der Waals surface area (Å²) in [6, 6.07) is 7.18. The van der Waals surface area contributed by atoms with Crippen LogP contribution in [0.5, 0.6) is 0 Å². The maximum absolute atomic E-state index is 12.3. The highest BCUT2D eigenvalue weighted by Crippen LogP contribution is 2.27. The molecule has 0 aliphatic rings. The fourth-order valence-corrected chi connectivity index (χ4v) is 2.87. The first-order chi connectivity index (χ1) is 9.61. The minimum atomic E-state index is -0.147. The summed E-state index contributed by atoms with van der Waals surface area (Å²) >= 11 is 7.38. The van der Waals surface area contributed by atoms with Crippen molar-refractivity contribution in [1.82, 2.24) is 10.3 Å². The summed E-state index contributed by atoms with van der Waals surface area (Å²) in [5, 5.41) is 6.04. The van der Waals surface area contributed by atoms with E-state index < -0.39 is 0 Å². The zero-order chi connectivity index (χ0) is 14.5. The molecule has 2 heterocycles. The van der Waals surface area contributed by atoms with E-state index in [-0.39, 0.29) is 11.9 Å². The molecule has 0 spiro atoms. The average molecular weight is 310 g/mol. The molecule has 2 aromatic rings. The van der Waals surface area contributed by atoms with Gasteiger partial charge in [0, 0.05) is 17.6 Å². The van der Waals surface area contributed by atoms with Gasteiger partial charge >= 0.3 is 0 Å². The lowest BCUT2D eigenvalue weighted by atomic mass is 10.2. The highest BCUT2D eigenvalue weighted by Gasteiger charge is 2.16. The molecule has 0 saturated heterocycles. The number of carbonyl (C=O) groups excluding carboxylic acids is 1. The van der Waals surface area contributed by atoms with Crippen LogP contribution >= 0.6 is 22.9 Å². The molecule has 0 fully saturated rings. The first-order valence-corrected chi connectivity index (χ1v) is 7.56. The third kappa shape index (κ3) is 3.49. The topological polar surface area (TPSA) is 54.0 Å². The van der Waals surface area contributed by atoms with Gasteiger partial charge in [0.25, 0.3) is 5.91 Å². The molecule has 0 saturated carbocycles. The lowest BCUT2D eigenvalue weighted by Crippen LogP contribution is -2.27. The van der Waals surface area contributed by atoms with E-state index >= 15 is 0 Å². The molecule has 2 aromatic heterocycles. The van der Waals surface area contributed by atoms with Crippen LogP contribution in [0.2, 0.25) is 4.34 Å². The Morgan fingerprint density at radius 3 is 2.90 bits per heavy atom. The van der Waals surface area contributed by atoms with Gasteiger partial charge in [0.15, 0.2) is 0 Å². The lowest BCUT2D eigenvalue weighted by Gasteiger charge is -2.14. The molecule has 1 atom stereocenters. The Bertz CT molecular complexity index is 600. The molecule has 0 aliphatic heterocycles. The highest BCUT2D eigenvalue weighted by molar-refractivity contribution is 7.16. The minimum Gasteiger partial charge on any atom is -0.370 e. The number of carbonyl (C=O) groups is 1. The number of amides is 1. The molecular formula is C14H16ClN3OS. The van der Waals surface area contributed by atoms with Crippen LogP contribution in [0.15, 0.2) is 30.5 Å². The van der Waals surface area contributed by atoms with Crippen LogP contribution in [-0.4, -0.2) is 17.4 Å². The van der Waals surface area contributed by atoms with Gasteiger partial charge < -0.3 is 10.6 Å². The van der Waals surface area contributed by atoms with E-state index in [9.17, 15) is 4.79 Å². The van der Waals surface area contributed by atoms with E-state index in [1.165, 1.54) is 11.3 Å². The van der Waals surface area contributed by atoms with Crippen LogP contribution in [-0.2, 0) is 0 Å². The number of pyridine rings is 1. The molecule has 2 rings (SSSR count). The third-order valence-electron chi connectivity index (χ3n) is 2.76. The summed E-state index contributed by atoms with van der Waals surface area (Å²) < 4.78 is 0.718. The summed E-state index contributed by atoms with van der Waals surface area (Å²) in [6.45, 7) is 4.61. The number of hydrogen-bond donors (Lipinski definition) is 2. The van der Waals surface area contributed by atoms with Crippen molar-refractivity contribution in [2.24, 2.45) is 0 Å². The van der Waals surface area contributed by atoms with E-state index in [4.69, 9.17) is 11.6 Å². The van der Waals surface area contributed by atoms with Gasteiger partial charge in [-0.2, -0.15) is 0 Å². The van der Waals surface area contributed by atoms with E-state index in [1.54, 1.807) is 18.3 Å². The number of aromatic nitrogens is 1. The van der Waals surface area contributed by atoms with Crippen LogP contribution in [0, 0.1) is 0 Å². The van der Waals surface area contributed by atoms with Crippen LogP contribution in [0.25, 0.3) is 0 Å². The maximum Gasteiger partial charge on any atom is 0.255 e. The quantitative estimate of drug-likeness (QED) is 0.885. The summed E-state index contributed by atoms with van der Waals surface area (Å²) in [7, 11) is 0. The van der Waals surface area contributed by atoms with Crippen molar-refractivity contribution in [3.05, 3.63) is 45.2 Å². The molecule has 1 unspecified atom stereocenters. The molecular weight excluding hydrogens is 294 g/mol. The first kappa shape index (κ1) is 14.8. The minimum absolute atomic E-state index is 0.0883. The van der Waals surface area contributed by atoms with Crippen molar-refractivity contribution in [3.63, 3.8) is 0 Å². The summed E-state index contributed by atoms with van der Waals surface area (Å²) in [5.74, 6) is 0.454. The van der Waals surface area contributed by atoms with E-state index in [0.29, 0.717) is 17.9 Å². The molecule has 106 valence electrons. The SMILES string of the molecule is CCNc1ncccc1C(=O)NC(C)c1ccc(Cl)s1. The number of nitrogens with zero attached hydrogens (tertiary/aromatic N) is 1. The Hall–Kier alpha value is -1.59. The van der Waals surface area contributed by atoms with Crippen LogP contribution in [0.1, 0.15) is 35.1 Å². The Labute approximate surface area is 127 Å². The number of rotatable bonds is 5. The van der Waals surface area contributed by atoms with Crippen molar-refractivity contribution in [1.29, 1.82) is 0 Å². The lowest BCUT2D eigenvalue weighted by molar-refractivity contribution is 0.0941. The van der Waals surface area contributed by atoms with Crippen molar-refractivity contribution in [2.75, 3.05) is 11.9 Å². The monoisotopic (exact) mass is 309 g/mol. The number of thiophene rings is 1. The summed E-state index contributed by atoms with van der Waals surface area (Å²) in [5.41, 5.74) is 0.545. The second-order valence-corrected chi connectivity index (χ2v) is 6.01. The standard InChI is InChI=1S/C14H16ClN3OS/c1-3-16-13-10(5-4-8-17-13)14(19)18-9(2)11-6-7-12(15)20-11/h4-9H,3H2,1-2H3,(H,16,17)(H,18,19). The smallest absolute Gasteiger partial charge is 0.255 e. The second-order valence-electron chi connectivity index (χ2n) is 4.27. The highest BCUT2D eigenvalue weighted by atomic mass is 35.5. The fourth-order valence-electron chi connectivity index (χ4n) is 1.80. The summed E-state index contributed by atoms with van der Waals surface area (Å²) in [6.07, 6.45) is 1.66. The van der Waals surface area contributed by atoms with Crippen LogP contribution in [0.3, 0.4) is 0 Å². The van der Waals surface area contributed by atoms with Crippen molar-refractivity contribution in [2.45, 2.75) is 19.9 Å². The van der Waals surface area contributed by atoms with Gasteiger partial charge in [0.2, 0.25) is 0 Å². The molecule has 1 amide bonds. The fraction of sp³-hybridized carbons (Fsp3) is 0.286. The van der Waals surface area contributed by atoms with Crippen molar-refractivity contribution < 1.29 is 4.79 Å². The molecule has 6 heteroatoms. The Morgan fingerprint density at radius 1 is 1.45 bits per heavy atom. The molecule has 0 bridgehead atoms. The Kier molecular flexibility index (Phi) is 4.98. The molecule has 4 nitrogen and oxygen atoms in total. The largest absolute Gasteiger partial charge is 0.370 e. The van der Waals surface area contributed by atoms with Gasteiger partial charge in [-0.15, -0.1) is 11.3 Å². The zero-order valence-electron chi connectivity index (χ0n) is 11.3. The number of anilines is 1. The predicted molar refractivity (Wildman–Crippen MR) is 83.6 cm³/mol. The van der Waals surface area contributed by atoms with E-state index in [0.717, 1.165) is 9.21 Å². The molecule has 0 radical (unpaired) electrons. The average Bonchev–Trinajstić information content (AvgIpc) is 2.86. The van der Waals surface area contributed by atoms with Crippen molar-refractivity contribution in [3.8, 4) is 0 Å². The van der Waals surface area contributed by atoms with Crippen LogP contribution < -0.4 is 10.6 Å². The maximum atomic E-state index is 12.3. The van der Waals surface area contributed by atoms with E-state index in [1.807, 2.05) is 26.0 Å². The van der Waals surface area contributed by atoms with Crippen LogP contribution in [0.4, 0.5) is 5.82 Å². The molecule has 20 heavy (non-hydrogen) atoms. The van der Waals surface area contributed by atoms with Gasteiger partial charge in [-0.25, -0.2) is 4.98 Å². The summed E-state index contributed by atoms with van der Waals surface area (Å²) in [4.78, 5) is 17.5. The number of hydrogen-bond acceptors (Lipinski definition) is 4. The van der Waals surface area contributed by atoms with Gasteiger partial charge in [0.05, 0.1) is 15.9 Å². The van der Waals surface area contributed by atoms with Crippen molar-refractivity contribution >= 4 is 34.7 Å². The number of nitrogens with one attached hydrogen (secondary N) is 2. The molecule has 0 aromatic carbocycles. The Balaban J connectivity index is 2.12. The zero-order valence-corrected chi connectivity index (χ0v) is 12.9. The first-order valence-electron chi connectivity index (χ1n) is 6.36. The Morgan fingerprint density at radius 2 is 2.25 bits per heavy atom. The molecule has 2 N–H and O–H groups in total.